The first-order valence-corrected chi connectivity index (χ1v) is 4.30. The predicted octanol–water partition coefficient (Wildman–Crippen LogP) is 1.27. The van der Waals surface area contributed by atoms with E-state index in [0.29, 0.717) is 19.3 Å². The molecule has 0 atom stereocenters. The highest BCUT2D eigenvalue weighted by atomic mass is 16.3. The Morgan fingerprint density at radius 2 is 1.82 bits per heavy atom. The SMILES string of the molecule is CC12CCC(O)(CC1)C(=O)C2. The highest BCUT2D eigenvalue weighted by molar-refractivity contribution is 5.89. The molecule has 0 spiro atoms. The van der Waals surface area contributed by atoms with Gasteiger partial charge in [0, 0.05) is 6.42 Å². The molecule has 0 radical (unpaired) electrons. The number of fused-ring (bicyclic) bond motifs is 3. The number of hydrogen-bond donors (Lipinski definition) is 1. The van der Waals surface area contributed by atoms with E-state index < -0.39 is 5.60 Å². The molecule has 3 saturated carbocycles. The molecule has 0 unspecified atom stereocenters. The van der Waals surface area contributed by atoms with Gasteiger partial charge in [-0.2, -0.15) is 0 Å². The number of carbonyl (C=O) groups is 1. The minimum absolute atomic E-state index is 0.0810. The molecule has 62 valence electrons. The van der Waals surface area contributed by atoms with Crippen LogP contribution in [0.3, 0.4) is 0 Å². The third-order valence-electron chi connectivity index (χ3n) is 3.39. The predicted molar refractivity (Wildman–Crippen MR) is 41.1 cm³/mol. The average molecular weight is 154 g/mol. The second kappa shape index (κ2) is 1.86. The molecule has 0 aliphatic heterocycles. The van der Waals surface area contributed by atoms with Crippen LogP contribution in [-0.2, 0) is 4.79 Å². The van der Waals surface area contributed by atoms with Crippen LogP contribution in [0.2, 0.25) is 0 Å². The lowest BCUT2D eigenvalue weighted by molar-refractivity contribution is -0.156. The highest BCUT2D eigenvalue weighted by Gasteiger charge is 2.50. The number of carbonyl (C=O) groups excluding carboxylic acids is 1. The fraction of sp³-hybridized carbons (Fsp3) is 0.889. The van der Waals surface area contributed by atoms with Crippen molar-refractivity contribution in [3.63, 3.8) is 0 Å². The lowest BCUT2D eigenvalue weighted by atomic mass is 9.59. The molecule has 0 aromatic rings. The molecule has 3 fully saturated rings. The number of rotatable bonds is 0. The van der Waals surface area contributed by atoms with Gasteiger partial charge in [-0.05, 0) is 31.1 Å². The van der Waals surface area contributed by atoms with Crippen molar-refractivity contribution in [2.45, 2.75) is 44.6 Å². The van der Waals surface area contributed by atoms with Crippen LogP contribution in [0.15, 0.2) is 0 Å². The first-order valence-electron chi connectivity index (χ1n) is 4.30. The fourth-order valence-electron chi connectivity index (χ4n) is 2.27. The summed E-state index contributed by atoms with van der Waals surface area (Å²) in [6, 6.07) is 0. The minimum Gasteiger partial charge on any atom is -0.382 e. The van der Waals surface area contributed by atoms with Crippen LogP contribution in [0.4, 0.5) is 0 Å². The van der Waals surface area contributed by atoms with Gasteiger partial charge in [0.15, 0.2) is 5.78 Å². The molecule has 3 aliphatic rings. The number of ketones is 1. The number of hydrogen-bond acceptors (Lipinski definition) is 2. The lowest BCUT2D eigenvalue weighted by Crippen LogP contribution is -2.52. The van der Waals surface area contributed by atoms with E-state index in [-0.39, 0.29) is 11.2 Å². The molecule has 2 bridgehead atoms. The second-order valence-electron chi connectivity index (χ2n) is 4.44. The van der Waals surface area contributed by atoms with Crippen LogP contribution in [0, 0.1) is 5.41 Å². The molecule has 0 aromatic carbocycles. The van der Waals surface area contributed by atoms with Gasteiger partial charge < -0.3 is 5.11 Å². The number of aliphatic hydroxyl groups is 1. The van der Waals surface area contributed by atoms with Gasteiger partial charge in [0.25, 0.3) is 0 Å². The monoisotopic (exact) mass is 154 g/mol. The van der Waals surface area contributed by atoms with Gasteiger partial charge >= 0.3 is 0 Å². The Bertz CT molecular complexity index is 200. The van der Waals surface area contributed by atoms with E-state index in [1.54, 1.807) is 0 Å². The summed E-state index contributed by atoms with van der Waals surface area (Å²) in [6.07, 6.45) is 4.04. The van der Waals surface area contributed by atoms with Gasteiger partial charge in [-0.1, -0.05) is 6.92 Å². The van der Waals surface area contributed by atoms with Gasteiger partial charge in [0.05, 0.1) is 0 Å². The normalized spacial score (nSPS) is 49.8. The third kappa shape index (κ3) is 0.924. The molecule has 3 rings (SSSR count). The quantitative estimate of drug-likeness (QED) is 0.570. The van der Waals surface area contributed by atoms with Crippen molar-refractivity contribution in [3.8, 4) is 0 Å². The molecular formula is C9H14O2. The summed E-state index contributed by atoms with van der Waals surface area (Å²) in [5.74, 6) is 0.0810. The fourth-order valence-corrected chi connectivity index (χ4v) is 2.27. The summed E-state index contributed by atoms with van der Waals surface area (Å²) in [4.78, 5) is 11.3. The first-order chi connectivity index (χ1) is 5.04. The largest absolute Gasteiger partial charge is 0.382 e. The highest BCUT2D eigenvalue weighted by Crippen LogP contribution is 2.49. The molecule has 2 nitrogen and oxygen atoms in total. The molecule has 0 amide bonds. The van der Waals surface area contributed by atoms with E-state index in [1.165, 1.54) is 0 Å². The average Bonchev–Trinajstić information content (AvgIpc) is 1.94. The maximum Gasteiger partial charge on any atom is 0.164 e. The van der Waals surface area contributed by atoms with E-state index in [0.717, 1.165) is 12.8 Å². The van der Waals surface area contributed by atoms with E-state index in [1.807, 2.05) is 0 Å². The van der Waals surface area contributed by atoms with Gasteiger partial charge in [0.1, 0.15) is 5.60 Å². The summed E-state index contributed by atoms with van der Waals surface area (Å²) in [5.41, 5.74) is -0.695. The summed E-state index contributed by atoms with van der Waals surface area (Å²) in [6.45, 7) is 2.16. The van der Waals surface area contributed by atoms with Gasteiger partial charge in [-0.3, -0.25) is 4.79 Å². The molecule has 1 N–H and O–H groups in total. The van der Waals surface area contributed by atoms with Gasteiger partial charge in [0.2, 0.25) is 0 Å². The van der Waals surface area contributed by atoms with Crippen molar-refractivity contribution in [2.24, 2.45) is 5.41 Å². The first kappa shape index (κ1) is 7.29. The Labute approximate surface area is 66.6 Å². The summed E-state index contributed by atoms with van der Waals surface area (Å²) < 4.78 is 0. The molecule has 0 saturated heterocycles. The zero-order valence-corrected chi connectivity index (χ0v) is 6.89. The maximum atomic E-state index is 11.3. The smallest absolute Gasteiger partial charge is 0.164 e. The second-order valence-corrected chi connectivity index (χ2v) is 4.44. The van der Waals surface area contributed by atoms with E-state index in [9.17, 15) is 9.90 Å². The lowest BCUT2D eigenvalue weighted by Gasteiger charge is -2.47. The zero-order valence-electron chi connectivity index (χ0n) is 6.89. The van der Waals surface area contributed by atoms with Crippen LogP contribution in [0.1, 0.15) is 39.0 Å². The Kier molecular flexibility index (Phi) is 1.23. The molecule has 11 heavy (non-hydrogen) atoms. The van der Waals surface area contributed by atoms with Crippen molar-refractivity contribution in [1.82, 2.24) is 0 Å². The van der Waals surface area contributed by atoms with Crippen LogP contribution in [0.25, 0.3) is 0 Å². The van der Waals surface area contributed by atoms with Crippen LogP contribution >= 0.6 is 0 Å². The van der Waals surface area contributed by atoms with Crippen LogP contribution in [-0.4, -0.2) is 16.5 Å². The van der Waals surface area contributed by atoms with Crippen molar-refractivity contribution in [1.29, 1.82) is 0 Å². The molecular weight excluding hydrogens is 140 g/mol. The Hall–Kier alpha value is -0.370. The Morgan fingerprint density at radius 3 is 2.18 bits per heavy atom. The Balaban J connectivity index is 2.29. The van der Waals surface area contributed by atoms with Crippen LogP contribution < -0.4 is 0 Å². The van der Waals surface area contributed by atoms with Gasteiger partial charge in [-0.25, -0.2) is 0 Å². The Morgan fingerprint density at radius 1 is 1.27 bits per heavy atom. The van der Waals surface area contributed by atoms with Gasteiger partial charge in [-0.15, -0.1) is 0 Å². The van der Waals surface area contributed by atoms with Crippen molar-refractivity contribution in [3.05, 3.63) is 0 Å². The van der Waals surface area contributed by atoms with Crippen molar-refractivity contribution in [2.75, 3.05) is 0 Å². The molecule has 2 heteroatoms. The minimum atomic E-state index is -0.919. The standard InChI is InChI=1S/C9H14O2/c1-8-2-4-9(11,5-3-8)7(10)6-8/h11H,2-6H2,1H3. The van der Waals surface area contributed by atoms with Crippen LogP contribution in [0.5, 0.6) is 0 Å². The zero-order chi connectivity index (χ0) is 8.11. The number of Topliss-reactive ketones (excluding diaryl/α,β-unsaturated/α-hetero) is 1. The maximum absolute atomic E-state index is 11.3. The summed E-state index contributed by atoms with van der Waals surface area (Å²) >= 11 is 0. The van der Waals surface area contributed by atoms with Crippen molar-refractivity contribution < 1.29 is 9.90 Å². The van der Waals surface area contributed by atoms with Crippen molar-refractivity contribution >= 4 is 5.78 Å². The molecule has 3 aliphatic carbocycles. The van der Waals surface area contributed by atoms with E-state index in [4.69, 9.17) is 0 Å². The molecule has 0 aromatic heterocycles. The third-order valence-corrected chi connectivity index (χ3v) is 3.39. The summed E-state index contributed by atoms with van der Waals surface area (Å²) in [5, 5.41) is 9.75. The molecule has 0 heterocycles. The van der Waals surface area contributed by atoms with E-state index >= 15 is 0 Å². The van der Waals surface area contributed by atoms with E-state index in [2.05, 4.69) is 6.92 Å². The topological polar surface area (TPSA) is 37.3 Å². The summed E-state index contributed by atoms with van der Waals surface area (Å²) in [7, 11) is 0.